The van der Waals surface area contributed by atoms with E-state index in [9.17, 15) is 0 Å². The average molecular weight is 411 g/mol. The van der Waals surface area contributed by atoms with Crippen molar-refractivity contribution in [3.05, 3.63) is 0 Å². The zero-order valence-electron chi connectivity index (χ0n) is 5.92. The Labute approximate surface area is 118 Å². The minimum atomic E-state index is 0. The van der Waals surface area contributed by atoms with Crippen molar-refractivity contribution in [2.45, 2.75) is 0 Å². The average Bonchev–Trinajstić information content (AvgIpc) is 1.92. The molecule has 0 aromatic rings. The van der Waals surface area contributed by atoms with Crippen LogP contribution < -0.4 is 0 Å². The number of hydrogen-bond donors (Lipinski definition) is 0. The third kappa shape index (κ3) is 13100. The van der Waals surface area contributed by atoms with Gasteiger partial charge in [0, 0.05) is 0 Å². The molecule has 4 nitrogen and oxygen atoms in total. The fourth-order valence-corrected chi connectivity index (χ4v) is 0. The van der Waals surface area contributed by atoms with E-state index in [-0.39, 0.29) is 25.8 Å². The Bertz CT molecular complexity index is 158. The summed E-state index contributed by atoms with van der Waals surface area (Å²) in [5.41, 5.74) is 0. The van der Waals surface area contributed by atoms with E-state index in [0.717, 1.165) is 0 Å². The first-order valence-electron chi connectivity index (χ1n) is 1.71. The number of rotatable bonds is 0. The summed E-state index contributed by atoms with van der Waals surface area (Å²) in [5, 5.41) is 33.9. The molecule has 0 saturated heterocycles. The predicted molar refractivity (Wildman–Crippen MR) is 51.9 cm³/mol. The largest absolute Gasteiger partial charge is 4.00 e. The third-order valence-corrected chi connectivity index (χ3v) is 0. The van der Waals surface area contributed by atoms with Gasteiger partial charge in [-0.3, -0.25) is 0 Å². The zero-order valence-corrected chi connectivity index (χ0v) is 12.8. The van der Waals surface area contributed by atoms with Gasteiger partial charge in [-0.15, -0.1) is 0 Å². The first-order chi connectivity index (χ1) is 5.66. The second-order valence-electron chi connectivity index (χ2n) is 0.365. The van der Waals surface area contributed by atoms with E-state index < -0.39 is 0 Å². The van der Waals surface area contributed by atoms with Gasteiger partial charge in [0.15, 0.2) is 0 Å². The Balaban J connectivity index is -0.0000000213. The first kappa shape index (κ1) is 29.3. The molecule has 0 aromatic heterocycles. The Morgan fingerprint density at radius 2 is 0.538 bits per heavy atom. The van der Waals surface area contributed by atoms with Crippen molar-refractivity contribution in [2.24, 2.45) is 0 Å². The van der Waals surface area contributed by atoms with Crippen LogP contribution in [0.15, 0.2) is 0 Å². The minimum Gasteiger partial charge on any atom is -0.696 e. The molecule has 0 radical (unpaired) electrons. The second-order valence-corrected chi connectivity index (χ2v) is 1.10. The van der Waals surface area contributed by atoms with Gasteiger partial charge >= 0.3 is 25.8 Å². The van der Waals surface area contributed by atoms with Crippen LogP contribution >= 0.6 is 0 Å². The molecule has 13 heavy (non-hydrogen) atoms. The number of nitrogens with zero attached hydrogens (tertiary/aromatic N) is 4. The number of nitriles is 4. The molecule has 0 fully saturated rings. The summed E-state index contributed by atoms with van der Waals surface area (Å²) in [7, 11) is 0. The molecule has 0 amide bonds. The van der Waals surface area contributed by atoms with Crippen LogP contribution in [0.2, 0.25) is 0 Å². The van der Waals surface area contributed by atoms with E-state index in [1.54, 1.807) is 0 Å². The van der Waals surface area contributed by atoms with Crippen LogP contribution in [0.4, 0.5) is 0 Å². The number of hydrogen-bond acceptors (Lipinski definition) is 8. The van der Waals surface area contributed by atoms with E-state index >= 15 is 0 Å². The van der Waals surface area contributed by atoms with Crippen molar-refractivity contribution in [3.63, 3.8) is 0 Å². The summed E-state index contributed by atoms with van der Waals surface area (Å²) in [6.45, 7) is 0. The van der Waals surface area contributed by atoms with Crippen molar-refractivity contribution >= 4 is 50.5 Å². The molecule has 0 saturated carbocycles. The van der Waals surface area contributed by atoms with Crippen molar-refractivity contribution < 1.29 is 25.8 Å². The third-order valence-electron chi connectivity index (χ3n) is 0. The molecule has 0 rings (SSSR count). The molecule has 0 N–H and O–H groups in total. The monoisotopic (exact) mass is 412 g/mol. The Hall–Kier alpha value is -0.290. The normalized spacial score (nSPS) is 2.15. The fourth-order valence-electron chi connectivity index (χ4n) is 0. The Kier molecular flexibility index (Phi) is 220. The van der Waals surface area contributed by atoms with Crippen molar-refractivity contribution in [2.75, 3.05) is 0 Å². The first-order valence-corrected chi connectivity index (χ1v) is 3.34. The van der Waals surface area contributed by atoms with Crippen LogP contribution in [-0.4, -0.2) is 0 Å². The summed E-state index contributed by atoms with van der Waals surface area (Å²) in [6, 6.07) is 0. The maximum absolute atomic E-state index is 7.13. The van der Waals surface area contributed by atoms with E-state index in [0.29, 0.717) is 0 Å². The molecule has 0 aliphatic heterocycles. The van der Waals surface area contributed by atoms with Gasteiger partial charge in [0.05, 0.1) is 0 Å². The summed E-state index contributed by atoms with van der Waals surface area (Å²) in [5.74, 6) is 0. The van der Waals surface area contributed by atoms with Gasteiger partial charge in [-0.2, -0.15) is 0 Å². The van der Waals surface area contributed by atoms with E-state index in [1.807, 2.05) is 0 Å². The van der Waals surface area contributed by atoms with E-state index in [2.05, 4.69) is 50.5 Å². The van der Waals surface area contributed by atoms with Crippen LogP contribution in [0.5, 0.6) is 0 Å². The van der Waals surface area contributed by atoms with Crippen LogP contribution in [0, 0.1) is 42.7 Å². The van der Waals surface area contributed by atoms with Gasteiger partial charge in [0.2, 0.25) is 0 Å². The van der Waals surface area contributed by atoms with Crippen LogP contribution in [0.1, 0.15) is 0 Å². The van der Waals surface area contributed by atoms with Gasteiger partial charge in [-0.1, -0.05) is 21.6 Å². The molecule has 0 aliphatic carbocycles. The van der Waals surface area contributed by atoms with Crippen LogP contribution in [0.3, 0.4) is 0 Å². The molecule has 64 valence electrons. The molecule has 0 atom stereocenters. The number of thiocyanates is 4. The minimum absolute atomic E-state index is 0. The van der Waals surface area contributed by atoms with Crippen molar-refractivity contribution in [1.29, 1.82) is 21.0 Å². The predicted octanol–water partition coefficient (Wildman–Crippen LogP) is 0.0550. The van der Waals surface area contributed by atoms with Crippen LogP contribution in [0.25, 0.3) is 0 Å². The second kappa shape index (κ2) is 97.6. The standard InChI is InChI=1S/4CHNS.Hf/c4*2-1-3;/h4*3H;/q;;;;+4/p-4. The van der Waals surface area contributed by atoms with Gasteiger partial charge in [-0.25, -0.2) is 21.0 Å². The molecule has 0 heterocycles. The van der Waals surface area contributed by atoms with Crippen LogP contribution in [-0.2, 0) is 76.4 Å². The van der Waals surface area contributed by atoms with E-state index in [4.69, 9.17) is 21.0 Å². The summed E-state index contributed by atoms with van der Waals surface area (Å²) in [6.07, 6.45) is 0. The molecule has 0 aliphatic rings. The van der Waals surface area contributed by atoms with Gasteiger partial charge in [-0.05, 0) is 0 Å². The van der Waals surface area contributed by atoms with E-state index in [1.165, 1.54) is 21.6 Å². The maximum atomic E-state index is 7.13. The molecular formula is C4HfN4S4. The smallest absolute Gasteiger partial charge is 0.696 e. The zero-order chi connectivity index (χ0) is 10.8. The topological polar surface area (TPSA) is 95.2 Å². The molecule has 0 bridgehead atoms. The van der Waals surface area contributed by atoms with Gasteiger partial charge in [0.25, 0.3) is 0 Å². The van der Waals surface area contributed by atoms with Crippen molar-refractivity contribution in [1.82, 2.24) is 0 Å². The summed E-state index contributed by atoms with van der Waals surface area (Å²) in [4.78, 5) is 0. The molecule has 0 aromatic carbocycles. The fraction of sp³-hybridized carbons (Fsp3) is 0. The molecule has 9 heteroatoms. The van der Waals surface area contributed by atoms with Gasteiger partial charge < -0.3 is 50.5 Å². The SMILES string of the molecule is N#C[S-].N#C[S-].N#C[S-].N#C[S-].[Hf+4]. The van der Waals surface area contributed by atoms with Gasteiger partial charge in [0.1, 0.15) is 0 Å². The Morgan fingerprint density at radius 1 is 0.538 bits per heavy atom. The Morgan fingerprint density at radius 3 is 0.538 bits per heavy atom. The molecule has 0 unspecified atom stereocenters. The van der Waals surface area contributed by atoms with Crippen molar-refractivity contribution in [3.8, 4) is 21.6 Å². The summed E-state index contributed by atoms with van der Waals surface area (Å²) >= 11 is 14.8. The molecule has 0 spiro atoms. The summed E-state index contributed by atoms with van der Waals surface area (Å²) < 4.78 is 0. The quantitative estimate of drug-likeness (QED) is 0.314. The maximum Gasteiger partial charge on any atom is 4.00 e. The molecular weight excluding hydrogens is 411 g/mol.